The highest BCUT2D eigenvalue weighted by molar-refractivity contribution is 6.14. The van der Waals surface area contributed by atoms with Gasteiger partial charge in [-0.1, -0.05) is 0 Å². The summed E-state index contributed by atoms with van der Waals surface area (Å²) in [4.78, 5) is 26.9. The molecule has 7 heteroatoms. The number of nitrogens with zero attached hydrogens (tertiary/aromatic N) is 2. The van der Waals surface area contributed by atoms with Crippen molar-refractivity contribution in [1.29, 1.82) is 0 Å². The summed E-state index contributed by atoms with van der Waals surface area (Å²) in [6.07, 6.45) is 3.15. The Morgan fingerprint density at radius 1 is 1.38 bits per heavy atom. The quantitative estimate of drug-likeness (QED) is 0.911. The molecule has 2 aromatic rings. The molecule has 4 rings (SSSR count). The number of benzene rings is 1. The highest BCUT2D eigenvalue weighted by Crippen LogP contribution is 2.36. The van der Waals surface area contributed by atoms with Gasteiger partial charge in [0.05, 0.1) is 17.3 Å². The minimum Gasteiger partial charge on any atom is -0.376 e. The minimum absolute atomic E-state index is 0.0305. The number of anilines is 1. The molecule has 2 saturated heterocycles. The Morgan fingerprint density at radius 3 is 2.92 bits per heavy atom. The number of amides is 2. The average molecular weight is 359 g/mol. The second-order valence-electron chi connectivity index (χ2n) is 6.91. The third kappa shape index (κ3) is 2.86. The van der Waals surface area contributed by atoms with E-state index in [0.29, 0.717) is 36.3 Å². The van der Waals surface area contributed by atoms with Crippen LogP contribution in [0.5, 0.6) is 0 Å². The molecule has 3 heterocycles. The third-order valence-corrected chi connectivity index (χ3v) is 5.21. The summed E-state index contributed by atoms with van der Waals surface area (Å²) in [5, 5.41) is 3.51. The van der Waals surface area contributed by atoms with Gasteiger partial charge in [0.25, 0.3) is 5.91 Å². The molecule has 6 nitrogen and oxygen atoms in total. The number of hydrogen-bond donors (Lipinski definition) is 1. The molecule has 2 amide bonds. The number of fused-ring (bicyclic) bond motifs is 1. The molecule has 1 aromatic carbocycles. The maximum Gasteiger partial charge on any atom is 0.270 e. The van der Waals surface area contributed by atoms with Gasteiger partial charge in [0.2, 0.25) is 5.91 Å². The number of rotatable bonds is 4. The lowest BCUT2D eigenvalue weighted by Crippen LogP contribution is -2.34. The summed E-state index contributed by atoms with van der Waals surface area (Å²) in [5.74, 6) is -0.688. The van der Waals surface area contributed by atoms with Crippen LogP contribution in [0.3, 0.4) is 0 Å². The van der Waals surface area contributed by atoms with E-state index in [0.717, 1.165) is 31.4 Å². The first kappa shape index (κ1) is 17.0. The molecule has 1 atom stereocenters. The second-order valence-corrected chi connectivity index (χ2v) is 6.91. The Balaban J connectivity index is 1.75. The zero-order valence-electron chi connectivity index (χ0n) is 14.8. The van der Waals surface area contributed by atoms with Gasteiger partial charge in [-0.2, -0.15) is 0 Å². The summed E-state index contributed by atoms with van der Waals surface area (Å²) < 4.78 is 21.2. The number of aromatic nitrogens is 1. The van der Waals surface area contributed by atoms with Gasteiger partial charge < -0.3 is 19.5 Å². The maximum absolute atomic E-state index is 13.9. The predicted octanol–water partition coefficient (Wildman–Crippen LogP) is 2.35. The number of nitrogens with one attached hydrogen (secondary N) is 1. The second kappa shape index (κ2) is 6.72. The van der Waals surface area contributed by atoms with Gasteiger partial charge >= 0.3 is 0 Å². The van der Waals surface area contributed by atoms with Crippen molar-refractivity contribution in [3.63, 3.8) is 0 Å². The van der Waals surface area contributed by atoms with Crippen LogP contribution in [-0.4, -0.2) is 42.2 Å². The van der Waals surface area contributed by atoms with Crippen molar-refractivity contribution in [2.75, 3.05) is 24.6 Å². The fourth-order valence-corrected chi connectivity index (χ4v) is 3.91. The van der Waals surface area contributed by atoms with Crippen molar-refractivity contribution in [3.05, 3.63) is 29.7 Å². The van der Waals surface area contributed by atoms with E-state index in [1.165, 1.54) is 12.1 Å². The number of aryl methyl sites for hydroxylation is 1. The Labute approximate surface area is 150 Å². The highest BCUT2D eigenvalue weighted by Gasteiger charge is 2.31. The van der Waals surface area contributed by atoms with Crippen LogP contribution in [0.25, 0.3) is 10.9 Å². The Morgan fingerprint density at radius 2 is 2.23 bits per heavy atom. The van der Waals surface area contributed by atoms with E-state index >= 15 is 0 Å². The predicted molar refractivity (Wildman–Crippen MR) is 95.8 cm³/mol. The molecule has 1 aromatic heterocycles. The van der Waals surface area contributed by atoms with E-state index in [4.69, 9.17) is 4.74 Å². The fraction of sp³-hybridized carbons (Fsp3) is 0.474. The maximum atomic E-state index is 13.9. The lowest BCUT2D eigenvalue weighted by atomic mass is 10.2. The van der Waals surface area contributed by atoms with Gasteiger partial charge in [0, 0.05) is 38.6 Å². The summed E-state index contributed by atoms with van der Waals surface area (Å²) in [6, 6.07) is 4.41. The molecule has 0 spiro atoms. The molecule has 0 unspecified atom stereocenters. The van der Waals surface area contributed by atoms with E-state index in [1.54, 1.807) is 22.6 Å². The monoisotopic (exact) mass is 359 g/mol. The van der Waals surface area contributed by atoms with Crippen LogP contribution in [0.1, 0.15) is 36.2 Å². The Hall–Kier alpha value is -2.41. The van der Waals surface area contributed by atoms with Gasteiger partial charge in [-0.25, -0.2) is 4.39 Å². The highest BCUT2D eigenvalue weighted by atomic mass is 19.1. The zero-order valence-corrected chi connectivity index (χ0v) is 14.8. The fourth-order valence-electron chi connectivity index (χ4n) is 3.91. The first-order valence-electron chi connectivity index (χ1n) is 9.04. The molecule has 0 bridgehead atoms. The van der Waals surface area contributed by atoms with Gasteiger partial charge in [0.1, 0.15) is 11.5 Å². The van der Waals surface area contributed by atoms with Crippen molar-refractivity contribution in [1.82, 2.24) is 9.88 Å². The number of ether oxygens (including phenoxy) is 1. The van der Waals surface area contributed by atoms with Gasteiger partial charge in [-0.3, -0.25) is 9.59 Å². The van der Waals surface area contributed by atoms with Crippen LogP contribution in [0.2, 0.25) is 0 Å². The average Bonchev–Trinajstić information content (AvgIpc) is 3.33. The van der Waals surface area contributed by atoms with Crippen LogP contribution in [-0.2, 0) is 16.6 Å². The van der Waals surface area contributed by atoms with Crippen molar-refractivity contribution in [2.45, 2.75) is 31.8 Å². The van der Waals surface area contributed by atoms with Crippen LogP contribution in [0.4, 0.5) is 10.1 Å². The van der Waals surface area contributed by atoms with Crippen LogP contribution in [0, 0.1) is 5.82 Å². The van der Waals surface area contributed by atoms with Crippen molar-refractivity contribution in [2.24, 2.45) is 7.05 Å². The van der Waals surface area contributed by atoms with Gasteiger partial charge in [0.15, 0.2) is 0 Å². The summed E-state index contributed by atoms with van der Waals surface area (Å²) in [7, 11) is 1.77. The molecule has 0 saturated carbocycles. The van der Waals surface area contributed by atoms with Gasteiger partial charge in [-0.05, 0) is 37.5 Å². The van der Waals surface area contributed by atoms with Crippen molar-refractivity contribution in [3.8, 4) is 0 Å². The molecule has 2 fully saturated rings. The third-order valence-electron chi connectivity index (χ3n) is 5.21. The smallest absolute Gasteiger partial charge is 0.270 e. The lowest BCUT2D eigenvalue weighted by Gasteiger charge is -2.18. The molecule has 1 N–H and O–H groups in total. The minimum atomic E-state index is -0.387. The number of carbonyl (C=O) groups excluding carboxylic acids is 2. The number of hydrogen-bond acceptors (Lipinski definition) is 3. The number of halogens is 1. The first-order valence-corrected chi connectivity index (χ1v) is 9.04. The molecule has 2 aliphatic rings. The van der Waals surface area contributed by atoms with Crippen LogP contribution >= 0.6 is 0 Å². The van der Waals surface area contributed by atoms with Crippen molar-refractivity contribution < 1.29 is 18.7 Å². The van der Waals surface area contributed by atoms with E-state index in [1.807, 2.05) is 0 Å². The van der Waals surface area contributed by atoms with E-state index in [-0.39, 0.29) is 23.7 Å². The molecule has 2 aliphatic heterocycles. The summed E-state index contributed by atoms with van der Waals surface area (Å²) in [5.41, 5.74) is 1.62. The Bertz CT molecular complexity index is 871. The standard InChI is InChI=1S/C19H22FN3O3/c1-22-15-7-6-12(20)10-14(15)17(23-8-2-5-16(23)24)18(22)19(25)21-11-13-4-3-9-26-13/h6-7,10,13H,2-5,8-9,11H2,1H3,(H,21,25)/t13-/m1/s1. The van der Waals surface area contributed by atoms with Crippen molar-refractivity contribution >= 4 is 28.4 Å². The largest absolute Gasteiger partial charge is 0.376 e. The van der Waals surface area contributed by atoms with Crippen LogP contribution in [0.15, 0.2) is 18.2 Å². The van der Waals surface area contributed by atoms with E-state index < -0.39 is 0 Å². The zero-order chi connectivity index (χ0) is 18.3. The molecule has 0 radical (unpaired) electrons. The normalized spacial score (nSPS) is 20.3. The van der Waals surface area contributed by atoms with E-state index in [2.05, 4.69) is 5.32 Å². The SMILES string of the molecule is Cn1c(C(=O)NC[C@H]2CCCO2)c(N2CCCC2=O)c2cc(F)ccc21. The molecule has 0 aliphatic carbocycles. The molecular formula is C19H22FN3O3. The van der Waals surface area contributed by atoms with Gasteiger partial charge in [-0.15, -0.1) is 0 Å². The molecular weight excluding hydrogens is 337 g/mol. The summed E-state index contributed by atoms with van der Waals surface area (Å²) >= 11 is 0. The first-order chi connectivity index (χ1) is 12.6. The summed E-state index contributed by atoms with van der Waals surface area (Å²) in [6.45, 7) is 1.70. The lowest BCUT2D eigenvalue weighted by molar-refractivity contribution is -0.117. The Kier molecular flexibility index (Phi) is 4.40. The number of carbonyl (C=O) groups is 2. The topological polar surface area (TPSA) is 63.6 Å². The van der Waals surface area contributed by atoms with E-state index in [9.17, 15) is 14.0 Å². The molecule has 138 valence electrons. The molecule has 26 heavy (non-hydrogen) atoms. The van der Waals surface area contributed by atoms with Crippen LogP contribution < -0.4 is 10.2 Å².